The van der Waals surface area contributed by atoms with Crippen LogP contribution in [0.3, 0.4) is 0 Å². The molecule has 2 atom stereocenters. The van der Waals surface area contributed by atoms with Gasteiger partial charge >= 0.3 is 0 Å². The summed E-state index contributed by atoms with van der Waals surface area (Å²) < 4.78 is 0.821. The third kappa shape index (κ3) is 3.29. The van der Waals surface area contributed by atoms with Gasteiger partial charge in [0.1, 0.15) is 0 Å². The lowest BCUT2D eigenvalue weighted by Crippen LogP contribution is -2.41. The predicted octanol–water partition coefficient (Wildman–Crippen LogP) is 4.05. The lowest BCUT2D eigenvalue weighted by molar-refractivity contribution is 0.0909. The fourth-order valence-corrected chi connectivity index (χ4v) is 3.09. The second kappa shape index (κ2) is 6.11. The van der Waals surface area contributed by atoms with Gasteiger partial charge in [0.05, 0.1) is 5.56 Å². The van der Waals surface area contributed by atoms with Crippen molar-refractivity contribution in [3.63, 3.8) is 0 Å². The van der Waals surface area contributed by atoms with Crippen molar-refractivity contribution in [1.29, 1.82) is 0 Å². The molecule has 0 bridgehead atoms. The van der Waals surface area contributed by atoms with Crippen LogP contribution in [-0.4, -0.2) is 11.9 Å². The van der Waals surface area contributed by atoms with E-state index in [4.69, 9.17) is 0 Å². The smallest absolute Gasteiger partial charge is 0.252 e. The van der Waals surface area contributed by atoms with Gasteiger partial charge in [-0.1, -0.05) is 19.8 Å². The minimum absolute atomic E-state index is 0.00322. The molecule has 1 aliphatic rings. The maximum absolute atomic E-state index is 12.3. The predicted molar refractivity (Wildman–Crippen MR) is 80.3 cm³/mol. The fraction of sp³-hybridized carbons (Fsp3) is 0.500. The van der Waals surface area contributed by atoms with Gasteiger partial charge in [0, 0.05) is 15.4 Å². The van der Waals surface area contributed by atoms with Crippen LogP contribution in [0.5, 0.6) is 0 Å². The van der Waals surface area contributed by atoms with Gasteiger partial charge in [-0.25, -0.2) is 0 Å². The van der Waals surface area contributed by atoms with Gasteiger partial charge in [-0.05, 0) is 52.9 Å². The van der Waals surface area contributed by atoms with E-state index in [1.54, 1.807) is 6.07 Å². The molecule has 2 unspecified atom stereocenters. The topological polar surface area (TPSA) is 29.1 Å². The van der Waals surface area contributed by atoms with Gasteiger partial charge < -0.3 is 5.32 Å². The number of hydrogen-bond acceptors (Lipinski definition) is 2. The first-order valence-corrected chi connectivity index (χ1v) is 7.61. The molecule has 0 radical (unpaired) electrons. The van der Waals surface area contributed by atoms with Gasteiger partial charge in [0.15, 0.2) is 0 Å². The standard InChI is InChI=1S/C14H18BrNOS/c1-9-4-2-3-5-13(9)16-14(17)11-8-10(18)6-7-12(11)15/h6-9,13,18H,2-5H2,1H3,(H,16,17). The molecule has 98 valence electrons. The van der Waals surface area contributed by atoms with Crippen LogP contribution in [-0.2, 0) is 0 Å². The zero-order chi connectivity index (χ0) is 13.1. The van der Waals surface area contributed by atoms with Crippen LogP contribution in [0.1, 0.15) is 43.0 Å². The van der Waals surface area contributed by atoms with Crippen LogP contribution in [0.25, 0.3) is 0 Å². The number of rotatable bonds is 2. The normalized spacial score (nSPS) is 23.7. The number of nitrogens with one attached hydrogen (secondary N) is 1. The highest BCUT2D eigenvalue weighted by Crippen LogP contribution is 2.25. The number of carbonyl (C=O) groups is 1. The number of hydrogen-bond donors (Lipinski definition) is 2. The number of thiol groups is 1. The van der Waals surface area contributed by atoms with Crippen LogP contribution in [0.2, 0.25) is 0 Å². The first kappa shape index (κ1) is 13.9. The Morgan fingerprint density at radius 3 is 2.83 bits per heavy atom. The highest BCUT2D eigenvalue weighted by atomic mass is 79.9. The SMILES string of the molecule is CC1CCCCC1NC(=O)c1cc(S)ccc1Br. The molecule has 4 heteroatoms. The monoisotopic (exact) mass is 327 g/mol. The van der Waals surface area contributed by atoms with Crippen molar-refractivity contribution < 1.29 is 4.79 Å². The Morgan fingerprint density at radius 1 is 1.39 bits per heavy atom. The molecule has 2 rings (SSSR count). The maximum atomic E-state index is 12.3. The average molecular weight is 328 g/mol. The van der Waals surface area contributed by atoms with E-state index >= 15 is 0 Å². The molecule has 18 heavy (non-hydrogen) atoms. The van der Waals surface area contributed by atoms with Crippen molar-refractivity contribution in [2.24, 2.45) is 5.92 Å². The summed E-state index contributed by atoms with van der Waals surface area (Å²) in [5.74, 6) is 0.567. The number of benzene rings is 1. The minimum atomic E-state index is -0.00322. The summed E-state index contributed by atoms with van der Waals surface area (Å²) in [5, 5.41) is 3.15. The summed E-state index contributed by atoms with van der Waals surface area (Å²) in [4.78, 5) is 13.1. The van der Waals surface area contributed by atoms with Crippen LogP contribution in [0.4, 0.5) is 0 Å². The van der Waals surface area contributed by atoms with Gasteiger partial charge in [0.25, 0.3) is 5.91 Å². The molecular weight excluding hydrogens is 310 g/mol. The van der Waals surface area contributed by atoms with Crippen LogP contribution in [0.15, 0.2) is 27.6 Å². The molecule has 1 amide bonds. The Kier molecular flexibility index (Phi) is 4.73. The Bertz CT molecular complexity index is 449. The zero-order valence-corrected chi connectivity index (χ0v) is 12.9. The zero-order valence-electron chi connectivity index (χ0n) is 10.4. The number of halogens is 1. The summed E-state index contributed by atoms with van der Waals surface area (Å²) in [6.45, 7) is 2.22. The fourth-order valence-electron chi connectivity index (χ4n) is 2.46. The summed E-state index contributed by atoms with van der Waals surface area (Å²) in [5.41, 5.74) is 0.667. The van der Waals surface area contributed by atoms with E-state index < -0.39 is 0 Å². The second-order valence-electron chi connectivity index (χ2n) is 5.01. The molecule has 0 aliphatic heterocycles. The third-order valence-electron chi connectivity index (χ3n) is 3.62. The molecule has 0 spiro atoms. The quantitative estimate of drug-likeness (QED) is 0.788. The van der Waals surface area contributed by atoms with Gasteiger partial charge in [-0.15, -0.1) is 12.6 Å². The summed E-state index contributed by atoms with van der Waals surface area (Å²) >= 11 is 7.70. The first-order valence-electron chi connectivity index (χ1n) is 6.37. The van der Waals surface area contributed by atoms with E-state index in [0.717, 1.165) is 15.8 Å². The molecule has 0 heterocycles. The van der Waals surface area contributed by atoms with Crippen LogP contribution in [0, 0.1) is 5.92 Å². The number of amides is 1. The Labute approximate surface area is 122 Å². The molecule has 2 nitrogen and oxygen atoms in total. The van der Waals surface area contributed by atoms with Crippen molar-refractivity contribution in [2.45, 2.75) is 43.5 Å². The van der Waals surface area contributed by atoms with Gasteiger partial charge in [0.2, 0.25) is 0 Å². The average Bonchev–Trinajstić information content (AvgIpc) is 2.35. The minimum Gasteiger partial charge on any atom is -0.349 e. The summed E-state index contributed by atoms with van der Waals surface area (Å²) in [6.07, 6.45) is 4.79. The molecule has 1 aromatic carbocycles. The molecule has 1 saturated carbocycles. The van der Waals surface area contributed by atoms with Gasteiger partial charge in [-0.2, -0.15) is 0 Å². The molecule has 0 saturated heterocycles. The Hall–Kier alpha value is -0.480. The Morgan fingerprint density at radius 2 is 2.11 bits per heavy atom. The lowest BCUT2D eigenvalue weighted by Gasteiger charge is -2.29. The number of carbonyl (C=O) groups excluding carboxylic acids is 1. The molecular formula is C14H18BrNOS. The largest absolute Gasteiger partial charge is 0.349 e. The van der Waals surface area contributed by atoms with E-state index in [0.29, 0.717) is 17.5 Å². The third-order valence-corrected chi connectivity index (χ3v) is 4.59. The van der Waals surface area contributed by atoms with E-state index in [2.05, 4.69) is 40.8 Å². The van der Waals surface area contributed by atoms with Gasteiger partial charge in [-0.3, -0.25) is 4.79 Å². The van der Waals surface area contributed by atoms with Crippen molar-refractivity contribution in [1.82, 2.24) is 5.32 Å². The molecule has 1 aliphatic carbocycles. The van der Waals surface area contributed by atoms with Crippen molar-refractivity contribution in [2.75, 3.05) is 0 Å². The lowest BCUT2D eigenvalue weighted by atomic mass is 9.86. The summed E-state index contributed by atoms with van der Waals surface area (Å²) in [7, 11) is 0. The van der Waals surface area contributed by atoms with E-state index in [1.807, 2.05) is 12.1 Å². The van der Waals surface area contributed by atoms with Crippen LogP contribution < -0.4 is 5.32 Å². The van der Waals surface area contributed by atoms with Crippen molar-refractivity contribution >= 4 is 34.5 Å². The van der Waals surface area contributed by atoms with Crippen molar-refractivity contribution in [3.8, 4) is 0 Å². The van der Waals surface area contributed by atoms with E-state index in [1.165, 1.54) is 19.3 Å². The Balaban J connectivity index is 2.09. The molecule has 1 fully saturated rings. The van der Waals surface area contributed by atoms with E-state index in [-0.39, 0.29) is 5.91 Å². The summed E-state index contributed by atoms with van der Waals surface area (Å²) in [6, 6.07) is 5.84. The highest BCUT2D eigenvalue weighted by Gasteiger charge is 2.23. The first-order chi connectivity index (χ1) is 8.58. The molecule has 0 aromatic heterocycles. The molecule has 1 aromatic rings. The van der Waals surface area contributed by atoms with Crippen molar-refractivity contribution in [3.05, 3.63) is 28.2 Å². The maximum Gasteiger partial charge on any atom is 0.252 e. The van der Waals surface area contributed by atoms with E-state index in [9.17, 15) is 4.79 Å². The second-order valence-corrected chi connectivity index (χ2v) is 6.38. The highest BCUT2D eigenvalue weighted by molar-refractivity contribution is 9.10. The molecule has 1 N–H and O–H groups in total. The van der Waals surface area contributed by atoms with Crippen LogP contribution >= 0.6 is 28.6 Å².